The number of anilines is 1. The zero-order valence-electron chi connectivity index (χ0n) is 11.2. The van der Waals surface area contributed by atoms with Crippen LogP contribution in [0.5, 0.6) is 0 Å². The van der Waals surface area contributed by atoms with Crippen LogP contribution in [0.15, 0.2) is 58.5 Å². The summed E-state index contributed by atoms with van der Waals surface area (Å²) < 4.78 is 0. The Bertz CT molecular complexity index is 756. The highest BCUT2D eigenvalue weighted by molar-refractivity contribution is 7.99. The van der Waals surface area contributed by atoms with E-state index in [4.69, 9.17) is 5.73 Å². The number of nitrogens with zero attached hydrogens (tertiary/aromatic N) is 2. The third kappa shape index (κ3) is 2.75. The van der Waals surface area contributed by atoms with Crippen LogP contribution >= 0.6 is 11.8 Å². The average Bonchev–Trinajstić information content (AvgIpc) is 2.46. The fourth-order valence-electron chi connectivity index (χ4n) is 2.05. The van der Waals surface area contributed by atoms with E-state index in [1.165, 1.54) is 10.8 Å². The van der Waals surface area contributed by atoms with E-state index in [1.807, 2.05) is 19.1 Å². The van der Waals surface area contributed by atoms with Crippen LogP contribution in [0.3, 0.4) is 0 Å². The molecule has 2 N–H and O–H groups in total. The predicted octanol–water partition coefficient (Wildman–Crippen LogP) is 3.93. The molecule has 0 bridgehead atoms. The summed E-state index contributed by atoms with van der Waals surface area (Å²) in [6.07, 6.45) is 0.788. The third-order valence-electron chi connectivity index (χ3n) is 3.03. The van der Waals surface area contributed by atoms with Crippen LogP contribution in [0.4, 0.5) is 5.82 Å². The molecule has 1 aromatic heterocycles. The molecule has 0 saturated heterocycles. The van der Waals surface area contributed by atoms with Gasteiger partial charge in [0, 0.05) is 17.4 Å². The lowest BCUT2D eigenvalue weighted by molar-refractivity contribution is 0.894. The normalized spacial score (nSPS) is 10.8. The van der Waals surface area contributed by atoms with Gasteiger partial charge in [-0.2, -0.15) is 0 Å². The lowest BCUT2D eigenvalue weighted by Crippen LogP contribution is -1.99. The molecule has 0 aliphatic rings. The van der Waals surface area contributed by atoms with Crippen LogP contribution in [-0.2, 0) is 6.42 Å². The summed E-state index contributed by atoms with van der Waals surface area (Å²) in [5.74, 6) is 1.31. The number of rotatable bonds is 3. The smallest absolute Gasteiger partial charge is 0.131 e. The number of aryl methyl sites for hydroxylation is 1. The summed E-state index contributed by atoms with van der Waals surface area (Å²) in [4.78, 5) is 9.85. The second-order valence-electron chi connectivity index (χ2n) is 4.51. The Kier molecular flexibility index (Phi) is 3.56. The maximum Gasteiger partial charge on any atom is 0.131 e. The molecule has 0 atom stereocenters. The van der Waals surface area contributed by atoms with Gasteiger partial charge in [0.25, 0.3) is 0 Å². The summed E-state index contributed by atoms with van der Waals surface area (Å²) in [5, 5.41) is 3.37. The molecule has 1 heterocycles. The van der Waals surface area contributed by atoms with Crippen LogP contribution in [-0.4, -0.2) is 9.97 Å². The monoisotopic (exact) mass is 281 g/mol. The quantitative estimate of drug-likeness (QED) is 0.739. The molecular weight excluding hydrogens is 266 g/mol. The van der Waals surface area contributed by atoms with E-state index >= 15 is 0 Å². The van der Waals surface area contributed by atoms with Crippen LogP contribution < -0.4 is 5.73 Å². The Balaban J connectivity index is 1.94. The fourth-order valence-corrected chi connectivity index (χ4v) is 2.95. The Morgan fingerprint density at radius 2 is 1.80 bits per heavy atom. The lowest BCUT2D eigenvalue weighted by Gasteiger charge is -2.05. The molecular formula is C16H15N3S. The van der Waals surface area contributed by atoms with Gasteiger partial charge in [0.05, 0.1) is 0 Å². The number of nitrogen functional groups attached to an aromatic ring is 1. The van der Waals surface area contributed by atoms with Crippen LogP contribution in [0.25, 0.3) is 10.8 Å². The molecule has 0 saturated carbocycles. The number of fused-ring (bicyclic) bond motifs is 1. The number of aromatic nitrogens is 2. The van der Waals surface area contributed by atoms with Gasteiger partial charge in [0.1, 0.15) is 16.7 Å². The molecule has 0 aliphatic heterocycles. The Labute approximate surface area is 122 Å². The minimum atomic E-state index is 0.528. The van der Waals surface area contributed by atoms with E-state index in [9.17, 15) is 0 Å². The number of nitrogens with two attached hydrogens (primary N) is 1. The van der Waals surface area contributed by atoms with Crippen molar-refractivity contribution in [1.29, 1.82) is 0 Å². The van der Waals surface area contributed by atoms with E-state index in [0.29, 0.717) is 5.82 Å². The molecule has 4 heteroatoms. The van der Waals surface area contributed by atoms with Crippen molar-refractivity contribution in [1.82, 2.24) is 9.97 Å². The molecule has 0 aliphatic carbocycles. The van der Waals surface area contributed by atoms with Gasteiger partial charge in [-0.05, 0) is 22.9 Å². The number of hydrogen-bond acceptors (Lipinski definition) is 4. The first-order valence-electron chi connectivity index (χ1n) is 6.54. The van der Waals surface area contributed by atoms with Gasteiger partial charge in [0.15, 0.2) is 0 Å². The average molecular weight is 281 g/mol. The molecule has 0 unspecified atom stereocenters. The van der Waals surface area contributed by atoms with Gasteiger partial charge < -0.3 is 5.73 Å². The zero-order valence-corrected chi connectivity index (χ0v) is 12.0. The Hall–Kier alpha value is -2.07. The van der Waals surface area contributed by atoms with E-state index in [-0.39, 0.29) is 0 Å². The van der Waals surface area contributed by atoms with Gasteiger partial charge in [-0.25, -0.2) is 9.97 Å². The van der Waals surface area contributed by atoms with Crippen molar-refractivity contribution in [3.63, 3.8) is 0 Å². The first-order chi connectivity index (χ1) is 9.74. The van der Waals surface area contributed by atoms with Crippen molar-refractivity contribution in [2.75, 3.05) is 5.73 Å². The Morgan fingerprint density at radius 1 is 1.00 bits per heavy atom. The summed E-state index contributed by atoms with van der Waals surface area (Å²) >= 11 is 1.62. The zero-order chi connectivity index (χ0) is 13.9. The van der Waals surface area contributed by atoms with Crippen molar-refractivity contribution in [2.45, 2.75) is 23.3 Å². The molecule has 20 heavy (non-hydrogen) atoms. The van der Waals surface area contributed by atoms with Crippen molar-refractivity contribution < 1.29 is 0 Å². The second-order valence-corrected chi connectivity index (χ2v) is 5.61. The minimum absolute atomic E-state index is 0.528. The largest absolute Gasteiger partial charge is 0.384 e. The van der Waals surface area contributed by atoms with Crippen molar-refractivity contribution in [2.24, 2.45) is 0 Å². The van der Waals surface area contributed by atoms with Gasteiger partial charge >= 0.3 is 0 Å². The van der Waals surface area contributed by atoms with E-state index < -0.39 is 0 Å². The maximum absolute atomic E-state index is 5.81. The summed E-state index contributed by atoms with van der Waals surface area (Å²) in [7, 11) is 0. The van der Waals surface area contributed by atoms with E-state index in [1.54, 1.807) is 11.8 Å². The topological polar surface area (TPSA) is 51.8 Å². The number of benzene rings is 2. The highest BCUT2D eigenvalue weighted by Gasteiger charge is 2.04. The third-order valence-corrected chi connectivity index (χ3v) is 3.94. The standard InChI is InChI=1S/C16H15N3S/c1-2-15-18-14(17)10-16(19-15)20-13-8-7-11-5-3-4-6-12(11)9-13/h3-10H,2H2,1H3,(H2,17,18,19). The molecule has 3 aromatic rings. The Morgan fingerprint density at radius 3 is 2.60 bits per heavy atom. The molecule has 0 spiro atoms. The molecule has 3 nitrogen and oxygen atoms in total. The van der Waals surface area contributed by atoms with Crippen molar-refractivity contribution in [3.8, 4) is 0 Å². The van der Waals surface area contributed by atoms with Gasteiger partial charge in [-0.15, -0.1) is 0 Å². The van der Waals surface area contributed by atoms with E-state index in [2.05, 4.69) is 46.4 Å². The van der Waals surface area contributed by atoms with Crippen LogP contribution in [0.1, 0.15) is 12.7 Å². The molecule has 2 aromatic carbocycles. The summed E-state index contributed by atoms with van der Waals surface area (Å²) in [5.41, 5.74) is 5.81. The fraction of sp³-hybridized carbons (Fsp3) is 0.125. The maximum atomic E-state index is 5.81. The summed E-state index contributed by atoms with van der Waals surface area (Å²) in [6, 6.07) is 16.6. The minimum Gasteiger partial charge on any atom is -0.384 e. The highest BCUT2D eigenvalue weighted by Crippen LogP contribution is 2.29. The molecule has 3 rings (SSSR count). The summed E-state index contributed by atoms with van der Waals surface area (Å²) in [6.45, 7) is 2.03. The van der Waals surface area contributed by atoms with Crippen molar-refractivity contribution >= 4 is 28.4 Å². The van der Waals surface area contributed by atoms with Crippen molar-refractivity contribution in [3.05, 3.63) is 54.4 Å². The molecule has 0 radical (unpaired) electrons. The molecule has 100 valence electrons. The SMILES string of the molecule is CCc1nc(N)cc(Sc2ccc3ccccc3c2)n1. The van der Waals surface area contributed by atoms with E-state index in [0.717, 1.165) is 22.2 Å². The first kappa shape index (κ1) is 12.9. The molecule has 0 fully saturated rings. The van der Waals surface area contributed by atoms with Gasteiger partial charge in [-0.1, -0.05) is 49.0 Å². The van der Waals surface area contributed by atoms with Crippen LogP contribution in [0, 0.1) is 0 Å². The lowest BCUT2D eigenvalue weighted by atomic mass is 10.1. The molecule has 0 amide bonds. The predicted molar refractivity (Wildman–Crippen MR) is 83.9 cm³/mol. The van der Waals surface area contributed by atoms with Gasteiger partial charge in [0.2, 0.25) is 0 Å². The second kappa shape index (κ2) is 5.51. The number of hydrogen-bond donors (Lipinski definition) is 1. The van der Waals surface area contributed by atoms with Gasteiger partial charge in [-0.3, -0.25) is 0 Å². The highest BCUT2D eigenvalue weighted by atomic mass is 32.2. The first-order valence-corrected chi connectivity index (χ1v) is 7.36. The van der Waals surface area contributed by atoms with Crippen LogP contribution in [0.2, 0.25) is 0 Å².